The minimum atomic E-state index is -4.70. The van der Waals surface area contributed by atoms with E-state index in [0.717, 1.165) is 64.7 Å². The molecule has 0 saturated carbocycles. The van der Waals surface area contributed by atoms with E-state index in [2.05, 4.69) is 15.0 Å². The number of amides is 1. The predicted octanol–water partition coefficient (Wildman–Crippen LogP) is 8.07. The van der Waals surface area contributed by atoms with Gasteiger partial charge in [-0.05, 0) is 151 Å². The number of nitrogens with two attached hydrogens (primary N) is 1. The average molecular weight is 920 g/mol. The van der Waals surface area contributed by atoms with E-state index < -0.39 is 85.7 Å². The molecule has 0 spiro atoms. The van der Waals surface area contributed by atoms with Crippen LogP contribution in [-0.2, 0) is 38.3 Å². The molecule has 0 fully saturated rings. The minimum absolute atomic E-state index is 0.0543. The second kappa shape index (κ2) is 18.3. The van der Waals surface area contributed by atoms with Gasteiger partial charge in [-0.2, -0.15) is 26.3 Å². The monoisotopic (exact) mass is 919 g/mol. The first-order valence-electron chi connectivity index (χ1n) is 20.2. The lowest BCUT2D eigenvalue weighted by Crippen LogP contribution is -2.46. The summed E-state index contributed by atoms with van der Waals surface area (Å²) in [7, 11) is -4.22. The average Bonchev–Trinajstić information content (AvgIpc) is 3.17. The largest absolute Gasteiger partial charge is 0.487 e. The van der Waals surface area contributed by atoms with Gasteiger partial charge in [-0.25, -0.2) is 17.9 Å². The molecule has 2 heterocycles. The van der Waals surface area contributed by atoms with Crippen LogP contribution in [0.2, 0.25) is 0 Å². The van der Waals surface area contributed by atoms with Crippen LogP contribution in [0.3, 0.4) is 0 Å². The van der Waals surface area contributed by atoms with E-state index in [1.165, 1.54) is 12.3 Å². The third kappa shape index (κ3) is 11.4. The Kier molecular flexibility index (Phi) is 14.1. The first kappa shape index (κ1) is 49.2. The van der Waals surface area contributed by atoms with E-state index in [0.29, 0.717) is 35.3 Å². The molecule has 0 unspecified atom stereocenters. The van der Waals surface area contributed by atoms with Crippen molar-refractivity contribution in [2.75, 3.05) is 6.54 Å². The van der Waals surface area contributed by atoms with Crippen LogP contribution in [0.15, 0.2) is 81.5 Å². The molecular formula is C45H51F6N5O7S. The summed E-state index contributed by atoms with van der Waals surface area (Å²) in [6.07, 6.45) is -6.94. The summed E-state index contributed by atoms with van der Waals surface area (Å²) in [5.74, 6) is -1.67. The van der Waals surface area contributed by atoms with Crippen LogP contribution in [0.4, 0.5) is 26.3 Å². The quantitative estimate of drug-likeness (QED) is 0.0421. The van der Waals surface area contributed by atoms with Crippen LogP contribution < -0.4 is 26.1 Å². The first-order chi connectivity index (χ1) is 29.5. The molecule has 0 saturated heterocycles. The highest BCUT2D eigenvalue weighted by molar-refractivity contribution is 7.90. The van der Waals surface area contributed by atoms with Crippen molar-refractivity contribution in [1.29, 1.82) is 0 Å². The van der Waals surface area contributed by atoms with E-state index >= 15 is 0 Å². The number of aromatic nitrogens is 1. The van der Waals surface area contributed by atoms with Gasteiger partial charge in [0.2, 0.25) is 5.96 Å². The number of nitrogens with zero attached hydrogens (tertiary/aromatic N) is 2. The van der Waals surface area contributed by atoms with Crippen molar-refractivity contribution < 1.29 is 53.8 Å². The van der Waals surface area contributed by atoms with Gasteiger partial charge in [-0.1, -0.05) is 24.3 Å². The molecule has 0 aliphatic carbocycles. The maximum absolute atomic E-state index is 14.1. The van der Waals surface area contributed by atoms with Gasteiger partial charge >= 0.3 is 18.3 Å². The van der Waals surface area contributed by atoms with Gasteiger partial charge in [0.05, 0.1) is 22.1 Å². The molecule has 3 aromatic carbocycles. The number of carbonyl (C=O) groups is 2. The number of esters is 1. The molecule has 346 valence electrons. The van der Waals surface area contributed by atoms with Gasteiger partial charge < -0.3 is 25.1 Å². The number of benzene rings is 3. The Bertz CT molecular complexity index is 2540. The fourth-order valence-electron chi connectivity index (χ4n) is 7.43. The van der Waals surface area contributed by atoms with Crippen molar-refractivity contribution in [3.8, 4) is 5.75 Å². The molecule has 19 heteroatoms. The van der Waals surface area contributed by atoms with Crippen molar-refractivity contribution in [3.63, 3.8) is 0 Å². The smallest absolute Gasteiger partial charge is 0.416 e. The van der Waals surface area contributed by atoms with Crippen LogP contribution >= 0.6 is 0 Å². The summed E-state index contributed by atoms with van der Waals surface area (Å²) < 4.78 is 123. The van der Waals surface area contributed by atoms with Crippen LogP contribution in [0, 0.1) is 20.8 Å². The Morgan fingerprint density at radius 1 is 0.891 bits per heavy atom. The maximum Gasteiger partial charge on any atom is 0.416 e. The molecule has 5 rings (SSSR count). The summed E-state index contributed by atoms with van der Waals surface area (Å²) in [6, 6.07) is 7.15. The fourth-order valence-corrected chi connectivity index (χ4v) is 8.96. The molecular weight excluding hydrogens is 869 g/mol. The number of guanidine groups is 1. The summed E-state index contributed by atoms with van der Waals surface area (Å²) in [4.78, 5) is 45.5. The predicted molar refractivity (Wildman–Crippen MR) is 228 cm³/mol. The molecule has 4 N–H and O–H groups in total. The molecule has 4 aromatic rings. The Labute approximate surface area is 367 Å². The van der Waals surface area contributed by atoms with E-state index in [1.807, 2.05) is 13.8 Å². The van der Waals surface area contributed by atoms with E-state index in [4.69, 9.17) is 15.2 Å². The van der Waals surface area contributed by atoms with Crippen LogP contribution in [0.25, 0.3) is 0 Å². The number of ether oxygens (including phenoxy) is 2. The van der Waals surface area contributed by atoms with E-state index in [-0.39, 0.29) is 35.4 Å². The topological polar surface area (TPSA) is 171 Å². The number of carbonyl (C=O) groups excluding carboxylic acids is 2. The number of rotatable bonds is 12. The standard InChI is InChI=1S/C45H51F6N5O7S/c1-25-26(2)37(27(3)32-21-22-43(7,8)62-36(25)32)64(60,61)55-41(52)53-23-9-12-34(40(59)63-42(4,5)6)54-38(57)33-11-10-24-56(39(33)58)35(28-13-17-30(18-14-28)44(46,47)48)29-15-19-31(20-16-29)45(49,50)51/h10-11,13-20,24,34-35H,9,12,21-23H2,1-8H3,(H,54,57)(H3,52,53,55)/t34-/m0/s1. The third-order valence-corrected chi connectivity index (χ3v) is 12.3. The van der Waals surface area contributed by atoms with Gasteiger partial charge in [0.15, 0.2) is 0 Å². The molecule has 64 heavy (non-hydrogen) atoms. The summed E-state index contributed by atoms with van der Waals surface area (Å²) >= 11 is 0. The number of hydrogen-bond acceptors (Lipinski definition) is 8. The van der Waals surface area contributed by atoms with Gasteiger partial charge in [0.1, 0.15) is 28.6 Å². The van der Waals surface area contributed by atoms with Crippen LogP contribution in [0.1, 0.15) is 115 Å². The van der Waals surface area contributed by atoms with E-state index in [9.17, 15) is 49.1 Å². The van der Waals surface area contributed by atoms with Gasteiger partial charge in [-0.3, -0.25) is 14.6 Å². The second-order valence-electron chi connectivity index (χ2n) is 17.2. The summed E-state index contributed by atoms with van der Waals surface area (Å²) in [6.45, 7) is 13.8. The molecule has 1 aromatic heterocycles. The Balaban J connectivity index is 1.38. The number of nitrogens with one attached hydrogen (secondary N) is 2. The first-order valence-corrected chi connectivity index (χ1v) is 21.7. The highest BCUT2D eigenvalue weighted by atomic mass is 32.2. The number of sulfonamides is 1. The summed E-state index contributed by atoms with van der Waals surface area (Å²) in [5, 5.41) is 2.51. The number of halogens is 6. The highest BCUT2D eigenvalue weighted by Gasteiger charge is 2.35. The normalized spacial score (nSPS) is 15.0. The zero-order chi connectivity index (χ0) is 47.7. The molecule has 1 aliphatic rings. The highest BCUT2D eigenvalue weighted by Crippen LogP contribution is 2.42. The van der Waals surface area contributed by atoms with Crippen molar-refractivity contribution in [1.82, 2.24) is 14.6 Å². The number of fused-ring (bicyclic) bond motifs is 1. The maximum atomic E-state index is 14.1. The lowest BCUT2D eigenvalue weighted by atomic mass is 9.88. The van der Waals surface area contributed by atoms with Crippen molar-refractivity contribution in [2.45, 2.75) is 122 Å². The minimum Gasteiger partial charge on any atom is -0.487 e. The summed E-state index contributed by atoms with van der Waals surface area (Å²) in [5.41, 5.74) is 3.82. The van der Waals surface area contributed by atoms with Crippen molar-refractivity contribution >= 4 is 27.9 Å². The third-order valence-electron chi connectivity index (χ3n) is 10.7. The zero-order valence-corrected chi connectivity index (χ0v) is 37.4. The molecule has 1 atom stereocenters. The zero-order valence-electron chi connectivity index (χ0n) is 36.5. The van der Waals surface area contributed by atoms with Crippen LogP contribution in [0.5, 0.6) is 5.75 Å². The molecule has 12 nitrogen and oxygen atoms in total. The molecule has 0 bridgehead atoms. The van der Waals surface area contributed by atoms with Gasteiger partial charge in [0, 0.05) is 12.7 Å². The van der Waals surface area contributed by atoms with Crippen molar-refractivity contribution in [3.05, 3.63) is 127 Å². The lowest BCUT2D eigenvalue weighted by Gasteiger charge is -2.35. The number of hydrogen-bond donors (Lipinski definition) is 3. The van der Waals surface area contributed by atoms with Crippen molar-refractivity contribution in [2.24, 2.45) is 10.7 Å². The Morgan fingerprint density at radius 3 is 1.95 bits per heavy atom. The Hall–Kier alpha value is -5.85. The molecule has 1 aliphatic heterocycles. The second-order valence-corrected chi connectivity index (χ2v) is 18.8. The number of alkyl halides is 6. The lowest BCUT2D eigenvalue weighted by molar-refractivity contribution is -0.157. The fraction of sp³-hybridized carbons (Fsp3) is 0.422. The molecule has 1 amide bonds. The van der Waals surface area contributed by atoms with E-state index in [1.54, 1.807) is 41.5 Å². The SMILES string of the molecule is Cc1c(C)c(S(=O)(=O)NC(N)=NCCC[C@H](NC(=O)c2cccn(C(c3ccc(C(F)(F)F)cc3)c3ccc(C(F)(F)F)cc3)c2=O)C(=O)OC(C)(C)C)c(C)c2c1OC(C)(C)CC2. The molecule has 0 radical (unpaired) electrons. The number of aliphatic imine (C=N–C) groups is 1. The number of pyridine rings is 1. The van der Waals surface area contributed by atoms with Gasteiger partial charge in [0.25, 0.3) is 21.5 Å². The van der Waals surface area contributed by atoms with Crippen LogP contribution in [-0.4, -0.2) is 54.6 Å². The Morgan fingerprint density at radius 2 is 1.44 bits per heavy atom. The van der Waals surface area contributed by atoms with Gasteiger partial charge in [-0.15, -0.1) is 0 Å².